The van der Waals surface area contributed by atoms with Crippen molar-refractivity contribution in [3.63, 3.8) is 0 Å². The number of aromatic amines is 4. The molecule has 14 aromatic rings. The number of ether oxygens (including phenoxy) is 1. The van der Waals surface area contributed by atoms with Crippen molar-refractivity contribution in [2.24, 2.45) is 17.8 Å². The van der Waals surface area contributed by atoms with Crippen molar-refractivity contribution in [1.29, 1.82) is 0 Å². The average molecular weight is 1950 g/mol. The molecule has 5 aliphatic carbocycles. The number of esters is 1. The number of carbonyl (C=O) groups is 9. The van der Waals surface area contributed by atoms with Crippen molar-refractivity contribution >= 4 is 59.1 Å². The molecule has 0 aliphatic heterocycles. The summed E-state index contributed by atoms with van der Waals surface area (Å²) in [7, 11) is 1.30. The van der Waals surface area contributed by atoms with E-state index in [0.717, 1.165) is 149 Å². The number of hydrogen-bond donors (Lipinski definition) is 13. The molecule has 14 heterocycles. The van der Waals surface area contributed by atoms with Crippen molar-refractivity contribution < 1.29 is 93.8 Å². The summed E-state index contributed by atoms with van der Waals surface area (Å²) in [4.78, 5) is 166. The lowest BCUT2D eigenvalue weighted by Gasteiger charge is -2.23. The van der Waals surface area contributed by atoms with Crippen LogP contribution >= 0.6 is 0 Å². The smallest absolute Gasteiger partial charge is 0.337 e. The van der Waals surface area contributed by atoms with Crippen molar-refractivity contribution in [1.82, 2.24) is 89.7 Å². The molecule has 143 heavy (non-hydrogen) atoms. The van der Waals surface area contributed by atoms with E-state index in [2.05, 4.69) is 142 Å². The number of aryl methyl sites for hydroxylation is 13. The number of aliphatic hydroxyl groups is 5. The largest absolute Gasteiger partial charge is 0.478 e. The van der Waals surface area contributed by atoms with Crippen LogP contribution in [0.4, 0.5) is 0 Å². The summed E-state index contributed by atoms with van der Waals surface area (Å²) in [6.45, 7) is 15.9. The molecule has 0 aromatic carbocycles. The number of nitrogens with one attached hydrogen (secondary N) is 4. The Kier molecular flexibility index (Phi) is 48.9. The minimum absolute atomic E-state index is 0.0417. The normalized spacial score (nSPS) is 14.3. The number of ketones is 4. The standard InChI is InChI=1S/C13H13N3O.C13H11N3O.C13H15N3.C11H11NO3.C9H9NO.2C7H7NO2.3C7H9N.C4H6N2O.2C4H6O4/c2*17-13-10(5-11-6-15-8-16-11)2-1-9-3-4-14-7-12(9)13;1-2-11-3-4-14-7-12(11)5-10(1)6-13-8-15-9-16-13;1-15-11(14)8-3-2-7-4-5-12-6-9(7)10(8)13;11-9-3-1-2-7-4-5-10-6-8(7)9;1-5-4-8-3-2-6(5)7(9)10;1-5-2-3-8-4-6(5)7(9)10;3*1-6-3-4-8-5-7(6)2;7-2-4-1-5-3-6-4;2*5-3(6)1-2-4(7)8/h3-4,6-8,10H,1-2,5H2,(H,15,16);3-8H,1-2H2,(H,15,16);3-4,7-10H,1-2,5-6H2,(H,15,16);4-6,8H,2-3H2,1H3;4-6H,1-3H2;2*2-4H,1H3,(H,9,10);3*3-5H,1-2H3;1,3,7H,2H2,(H,5,6);2*1-3,5-6H,(H,7,8)/b;;;;;;;;;;;2*2-1+. The zero-order valence-electron chi connectivity index (χ0n) is 80.7. The highest BCUT2D eigenvalue weighted by Gasteiger charge is 2.34. The van der Waals surface area contributed by atoms with Crippen LogP contribution in [0.15, 0.2) is 265 Å². The zero-order chi connectivity index (χ0) is 104. The highest BCUT2D eigenvalue weighted by atomic mass is 16.5. The molecule has 0 saturated carbocycles. The van der Waals surface area contributed by atoms with E-state index in [-0.39, 0.29) is 41.2 Å². The zero-order valence-corrected chi connectivity index (χ0v) is 80.7. The van der Waals surface area contributed by atoms with Gasteiger partial charge in [0.15, 0.2) is 35.7 Å². The third-order valence-electron chi connectivity index (χ3n) is 22.4. The number of methoxy groups -OCH3 is 1. The van der Waals surface area contributed by atoms with E-state index in [0.29, 0.717) is 41.7 Å². The summed E-state index contributed by atoms with van der Waals surface area (Å²) < 4.78 is 4.59. The predicted molar refractivity (Wildman–Crippen MR) is 530 cm³/mol. The molecule has 37 nitrogen and oxygen atoms in total. The van der Waals surface area contributed by atoms with Crippen molar-refractivity contribution in [2.75, 3.05) is 7.11 Å². The second-order valence-electron chi connectivity index (χ2n) is 32.6. The number of aliphatic carboxylic acids is 2. The van der Waals surface area contributed by atoms with Crippen LogP contribution < -0.4 is 0 Å². The van der Waals surface area contributed by atoms with Crippen LogP contribution in [0.5, 0.6) is 0 Å². The summed E-state index contributed by atoms with van der Waals surface area (Å²) in [5, 5.41) is 73.2. The average Bonchev–Trinajstić information content (AvgIpc) is 1.39. The van der Waals surface area contributed by atoms with Crippen molar-refractivity contribution in [3.8, 4) is 0 Å². The molecule has 19 rings (SSSR count). The molecule has 0 spiro atoms. The first-order valence-electron chi connectivity index (χ1n) is 45.3. The highest BCUT2D eigenvalue weighted by molar-refractivity contribution is 6.13. The quantitative estimate of drug-likeness (QED) is 0.0221. The van der Waals surface area contributed by atoms with Gasteiger partial charge < -0.3 is 70.6 Å². The molecule has 0 radical (unpaired) electrons. The number of aliphatic hydroxyl groups excluding tert-OH is 3. The van der Waals surface area contributed by atoms with Crippen LogP contribution in [-0.4, -0.2) is 208 Å². The summed E-state index contributed by atoms with van der Waals surface area (Å²) in [5.74, 6) is -4.15. The maximum Gasteiger partial charge on any atom is 0.337 e. The molecule has 13 N–H and O–H groups in total. The SMILES string of the molecule is COC(=O)C1CCc2ccncc2C1=O.Cc1ccncc1C.Cc1ccncc1C.Cc1ccncc1C.Cc1ccncc1C(=O)O.Cc1cnccc1C(=O)O.O=C(O)/C=C/C(O)O.O=C(O)/C=C/C(O)O.O=C1C(=Cc2cnc[nH]2)CCc2ccncc21.O=C1CCCc2ccncc21.O=C1c2cnccc2CCC1Cc1cnc[nH]1.OCc1cnc[nH]1.c1cc2c(cn1)CC(Cc1cnc[nH]1)CC2. The Morgan fingerprint density at radius 2 is 0.790 bits per heavy atom. The summed E-state index contributed by atoms with van der Waals surface area (Å²) in [6.07, 6.45) is 62.2. The number of aromatic carboxylic acids is 2. The lowest BCUT2D eigenvalue weighted by atomic mass is 9.81. The van der Waals surface area contributed by atoms with Gasteiger partial charge in [0.05, 0.1) is 73.9 Å². The molecule has 0 fully saturated rings. The van der Waals surface area contributed by atoms with E-state index in [9.17, 15) is 43.2 Å². The van der Waals surface area contributed by atoms with E-state index in [1.54, 1.807) is 107 Å². The van der Waals surface area contributed by atoms with Crippen molar-refractivity contribution in [2.45, 2.75) is 164 Å². The van der Waals surface area contributed by atoms with Crippen LogP contribution in [0.25, 0.3) is 6.08 Å². The molecule has 746 valence electrons. The van der Waals surface area contributed by atoms with Gasteiger partial charge >= 0.3 is 29.8 Å². The number of Topliss-reactive ketones (excluding diaryl/α,β-unsaturated/α-hetero) is 4. The van der Waals surface area contributed by atoms with E-state index in [1.807, 2.05) is 104 Å². The first-order valence-corrected chi connectivity index (χ1v) is 45.3. The number of fused-ring (bicyclic) bond motifs is 5. The first-order chi connectivity index (χ1) is 68.7. The van der Waals surface area contributed by atoms with E-state index < -0.39 is 48.3 Å². The fraction of sp³-hybridized carbons (Fsp3) is 0.274. The number of carboxylic acids is 4. The molecular weight excluding hydrogens is 1830 g/mol. The van der Waals surface area contributed by atoms with Crippen molar-refractivity contribution in [3.05, 3.63) is 399 Å². The van der Waals surface area contributed by atoms with Gasteiger partial charge in [0.25, 0.3) is 0 Å². The summed E-state index contributed by atoms with van der Waals surface area (Å²) in [5.41, 5.74) is 24.6. The number of allylic oxidation sites excluding steroid dienone is 1. The third kappa shape index (κ3) is 40.4. The number of H-pyrrole nitrogens is 4. The van der Waals surface area contributed by atoms with Crippen LogP contribution in [0.2, 0.25) is 0 Å². The Labute approximate surface area is 826 Å². The van der Waals surface area contributed by atoms with Crippen LogP contribution in [-0.2, 0) is 77.1 Å². The monoisotopic (exact) mass is 1950 g/mol. The molecule has 0 bridgehead atoms. The van der Waals surface area contributed by atoms with Gasteiger partial charge in [-0.1, -0.05) is 0 Å². The number of carbonyl (C=O) groups excluding carboxylic acids is 5. The number of pyridine rings is 10. The molecule has 14 aromatic heterocycles. The van der Waals surface area contributed by atoms with E-state index >= 15 is 0 Å². The number of imidazole rings is 4. The van der Waals surface area contributed by atoms with Crippen LogP contribution in [0.3, 0.4) is 0 Å². The molecule has 0 amide bonds. The Balaban J connectivity index is 0.000000213. The first kappa shape index (κ1) is 113. The fourth-order valence-electron chi connectivity index (χ4n) is 14.1. The van der Waals surface area contributed by atoms with Gasteiger partial charge in [-0.15, -0.1) is 0 Å². The summed E-state index contributed by atoms with van der Waals surface area (Å²) in [6, 6.07) is 19.0. The Bertz CT molecular complexity index is 6200. The highest BCUT2D eigenvalue weighted by Crippen LogP contribution is 2.31. The number of hydrogen-bond acceptors (Lipinski definition) is 29. The topological polar surface area (TPSA) is 589 Å². The second-order valence-corrected chi connectivity index (χ2v) is 32.6. The van der Waals surface area contributed by atoms with E-state index in [1.165, 1.54) is 107 Å². The van der Waals surface area contributed by atoms with Gasteiger partial charge in [0, 0.05) is 200 Å². The van der Waals surface area contributed by atoms with Gasteiger partial charge in [-0.25, -0.2) is 39.1 Å². The number of carboxylic acid groups (broad SMARTS) is 4. The van der Waals surface area contributed by atoms with Gasteiger partial charge in [0.2, 0.25) is 0 Å². The second kappa shape index (κ2) is 61.7. The predicted octanol–water partition coefficient (Wildman–Crippen LogP) is 13.6. The maximum atomic E-state index is 12.3. The molecule has 3 unspecified atom stereocenters. The fourth-order valence-corrected chi connectivity index (χ4v) is 14.1. The van der Waals surface area contributed by atoms with E-state index in [4.69, 9.17) is 46.0 Å². The van der Waals surface area contributed by atoms with Gasteiger partial charge in [-0.05, 0) is 302 Å². The molecule has 0 saturated heterocycles. The maximum absolute atomic E-state index is 12.3. The van der Waals surface area contributed by atoms with Gasteiger partial charge in [0.1, 0.15) is 5.92 Å². The van der Waals surface area contributed by atoms with Crippen LogP contribution in [0.1, 0.15) is 201 Å². The molecule has 3 atom stereocenters. The van der Waals surface area contributed by atoms with Gasteiger partial charge in [-0.2, -0.15) is 0 Å². The minimum Gasteiger partial charge on any atom is -0.478 e. The Morgan fingerprint density at radius 3 is 1.20 bits per heavy atom. The summed E-state index contributed by atoms with van der Waals surface area (Å²) >= 11 is 0. The number of aromatic nitrogens is 18. The molecule has 5 aliphatic rings. The lowest BCUT2D eigenvalue weighted by molar-refractivity contribution is -0.144. The Hall–Kier alpha value is -16.6. The minimum atomic E-state index is -1.67. The lowest BCUT2D eigenvalue weighted by Crippen LogP contribution is -2.30. The molecule has 37 heteroatoms. The van der Waals surface area contributed by atoms with Crippen LogP contribution in [0, 0.1) is 73.1 Å². The van der Waals surface area contributed by atoms with Gasteiger partial charge in [-0.3, -0.25) is 73.8 Å². The number of nitrogens with zero attached hydrogens (tertiary/aromatic N) is 14. The number of rotatable bonds is 13. The molecular formula is C106H118N18O19. The third-order valence-corrected chi connectivity index (χ3v) is 22.4. The Morgan fingerprint density at radius 1 is 0.378 bits per heavy atom.